The number of aryl methyl sites for hydroxylation is 6. The summed E-state index contributed by atoms with van der Waals surface area (Å²) in [5.41, 5.74) is 8.52. The summed E-state index contributed by atoms with van der Waals surface area (Å²) in [5.74, 6) is 0. The third kappa shape index (κ3) is 12.7. The van der Waals surface area contributed by atoms with Crippen molar-refractivity contribution < 1.29 is 41.6 Å². The molecular weight excluding hydrogens is 768 g/mol. The van der Waals surface area contributed by atoms with Crippen LogP contribution >= 0.6 is 15.8 Å². The van der Waals surface area contributed by atoms with Crippen molar-refractivity contribution in [3.8, 4) is 0 Å². The molecule has 0 fully saturated rings. The molecule has 53 heavy (non-hydrogen) atoms. The molecule has 0 heterocycles. The van der Waals surface area contributed by atoms with Crippen LogP contribution in [0.2, 0.25) is 0 Å². The summed E-state index contributed by atoms with van der Waals surface area (Å²) in [5, 5.41) is 8.73. The van der Waals surface area contributed by atoms with Gasteiger partial charge in [-0.1, -0.05) is 187 Å². The summed E-state index contributed by atoms with van der Waals surface area (Å²) in [4.78, 5) is 0. The molecule has 0 unspecified atom stereocenters. The van der Waals surface area contributed by atoms with Crippen molar-refractivity contribution in [2.75, 3.05) is 0 Å². The Morgan fingerprint density at radius 3 is 0.566 bits per heavy atom. The van der Waals surface area contributed by atoms with Gasteiger partial charge in [0.25, 0.3) is 0 Å². The summed E-state index contributed by atoms with van der Waals surface area (Å²) in [6.45, 7) is 13.4. The van der Waals surface area contributed by atoms with E-state index in [-0.39, 0.29) is 41.6 Å². The molecule has 6 rings (SSSR count). The van der Waals surface area contributed by atoms with Crippen molar-refractivity contribution in [2.45, 2.75) is 80.1 Å². The maximum absolute atomic E-state index is 2.41. The standard InChI is InChI=1S/2C24H27P.2ClH.Co/c2*1-4-19-10-7-13-22(16-19)25(23-14-8-11-20(5-2)17-23)24-15-9-12-21(6-3)18-24;;;/h2*7-18H,4-6H2,1-3H3;2*1H;/q;;;;+2/p-2. The zero-order chi connectivity index (χ0) is 35.3. The molecule has 279 valence electrons. The normalized spacial score (nSPS) is 10.4. The van der Waals surface area contributed by atoms with Gasteiger partial charge in [0.2, 0.25) is 0 Å². The molecule has 1 radical (unpaired) electrons. The van der Waals surface area contributed by atoms with E-state index in [2.05, 4.69) is 187 Å². The minimum atomic E-state index is -0.512. The summed E-state index contributed by atoms with van der Waals surface area (Å²) in [7, 11) is -1.02. The van der Waals surface area contributed by atoms with Crippen LogP contribution in [0, 0.1) is 0 Å². The first kappa shape index (κ1) is 46.4. The largest absolute Gasteiger partial charge is 2.00 e. The fourth-order valence-corrected chi connectivity index (χ4v) is 11.4. The maximum Gasteiger partial charge on any atom is 2.00 e. The molecule has 0 nitrogen and oxygen atoms in total. The molecule has 0 atom stereocenters. The number of rotatable bonds is 12. The molecule has 0 spiro atoms. The zero-order valence-corrected chi connectivity index (χ0v) is 36.4. The molecule has 0 N–H and O–H groups in total. The Morgan fingerprint density at radius 1 is 0.283 bits per heavy atom. The van der Waals surface area contributed by atoms with E-state index in [1.807, 2.05) is 0 Å². The molecule has 0 aromatic heterocycles. The van der Waals surface area contributed by atoms with Gasteiger partial charge in [-0.15, -0.1) is 0 Å². The smallest absolute Gasteiger partial charge is 1.00 e. The van der Waals surface area contributed by atoms with Gasteiger partial charge in [-0.25, -0.2) is 0 Å². The van der Waals surface area contributed by atoms with Crippen molar-refractivity contribution in [1.82, 2.24) is 0 Å². The molecule has 0 aliphatic carbocycles. The molecule has 0 bridgehead atoms. The Balaban J connectivity index is 0.000000347. The van der Waals surface area contributed by atoms with Gasteiger partial charge in [0.05, 0.1) is 0 Å². The number of hydrogen-bond donors (Lipinski definition) is 0. The average molecular weight is 823 g/mol. The van der Waals surface area contributed by atoms with Gasteiger partial charge in [-0.05, 0) is 120 Å². The van der Waals surface area contributed by atoms with Crippen LogP contribution in [0.25, 0.3) is 0 Å². The molecule has 0 saturated carbocycles. The second-order valence-corrected chi connectivity index (χ2v) is 17.3. The molecule has 0 aliphatic heterocycles. The molecule has 6 aromatic rings. The predicted octanol–water partition coefficient (Wildman–Crippen LogP) is 4.27. The summed E-state index contributed by atoms with van der Waals surface area (Å²) < 4.78 is 0. The van der Waals surface area contributed by atoms with Crippen LogP contribution in [0.3, 0.4) is 0 Å². The first-order valence-corrected chi connectivity index (χ1v) is 21.3. The van der Waals surface area contributed by atoms with E-state index in [1.54, 1.807) is 0 Å². The third-order valence-corrected chi connectivity index (χ3v) is 14.2. The van der Waals surface area contributed by atoms with Crippen LogP contribution in [0.4, 0.5) is 0 Å². The van der Waals surface area contributed by atoms with Crippen LogP contribution < -0.4 is 56.6 Å². The van der Waals surface area contributed by atoms with Crippen molar-refractivity contribution >= 4 is 47.7 Å². The summed E-state index contributed by atoms with van der Waals surface area (Å²) in [6, 6.07) is 55.0. The van der Waals surface area contributed by atoms with E-state index in [4.69, 9.17) is 0 Å². The molecule has 6 aromatic carbocycles. The topological polar surface area (TPSA) is 0 Å². The van der Waals surface area contributed by atoms with Crippen LogP contribution in [-0.4, -0.2) is 0 Å². The molecular formula is C48H54Cl2CoP2. The van der Waals surface area contributed by atoms with Crippen molar-refractivity contribution in [3.63, 3.8) is 0 Å². The first-order chi connectivity index (χ1) is 24.5. The molecule has 0 aliphatic rings. The van der Waals surface area contributed by atoms with Gasteiger partial charge >= 0.3 is 16.8 Å². The van der Waals surface area contributed by atoms with Gasteiger partial charge < -0.3 is 24.8 Å². The third-order valence-electron chi connectivity index (χ3n) is 9.46. The van der Waals surface area contributed by atoms with Crippen LogP contribution in [-0.2, 0) is 55.3 Å². The SMILES string of the molecule is CCc1cccc(P(c2cccc(CC)c2)c2cccc(CC)c2)c1.CCc1cccc(P(c2cccc(CC)c2)c2cccc(CC)c2)c1.[Cl-].[Cl-].[Co+2]. The van der Waals surface area contributed by atoms with Crippen molar-refractivity contribution in [2.24, 2.45) is 0 Å². The van der Waals surface area contributed by atoms with Gasteiger partial charge in [0.1, 0.15) is 0 Å². The Hall–Kier alpha value is -2.73. The van der Waals surface area contributed by atoms with Gasteiger partial charge in [0.15, 0.2) is 0 Å². The summed E-state index contributed by atoms with van der Waals surface area (Å²) in [6.07, 6.45) is 6.51. The fourth-order valence-electron chi connectivity index (χ4n) is 6.39. The molecule has 5 heteroatoms. The van der Waals surface area contributed by atoms with E-state index >= 15 is 0 Å². The van der Waals surface area contributed by atoms with E-state index in [0.29, 0.717) is 0 Å². The number of hydrogen-bond acceptors (Lipinski definition) is 0. The fraction of sp³-hybridized carbons (Fsp3) is 0.250. The van der Waals surface area contributed by atoms with E-state index in [9.17, 15) is 0 Å². The van der Waals surface area contributed by atoms with Crippen molar-refractivity contribution in [1.29, 1.82) is 0 Å². The van der Waals surface area contributed by atoms with Crippen molar-refractivity contribution in [3.05, 3.63) is 179 Å². The van der Waals surface area contributed by atoms with Crippen LogP contribution in [0.5, 0.6) is 0 Å². The predicted molar refractivity (Wildman–Crippen MR) is 227 cm³/mol. The Morgan fingerprint density at radius 2 is 0.434 bits per heavy atom. The van der Waals surface area contributed by atoms with Gasteiger partial charge in [-0.2, -0.15) is 0 Å². The quantitative estimate of drug-likeness (QED) is 0.162. The minimum absolute atomic E-state index is 0. The number of benzene rings is 6. The van der Waals surface area contributed by atoms with Crippen LogP contribution in [0.15, 0.2) is 146 Å². The average Bonchev–Trinajstić information content (AvgIpc) is 3.19. The summed E-state index contributed by atoms with van der Waals surface area (Å²) >= 11 is 0. The Bertz CT molecular complexity index is 1610. The van der Waals surface area contributed by atoms with E-state index in [0.717, 1.165) is 38.5 Å². The Labute approximate surface area is 346 Å². The monoisotopic (exact) mass is 821 g/mol. The second kappa shape index (κ2) is 23.9. The second-order valence-electron chi connectivity index (χ2n) is 12.8. The van der Waals surface area contributed by atoms with E-state index < -0.39 is 15.8 Å². The Kier molecular flexibility index (Phi) is 21.0. The minimum Gasteiger partial charge on any atom is -1.00 e. The first-order valence-electron chi connectivity index (χ1n) is 18.6. The number of halogens is 2. The maximum atomic E-state index is 2.41. The zero-order valence-electron chi connectivity index (χ0n) is 32.1. The molecule has 0 amide bonds. The van der Waals surface area contributed by atoms with E-state index in [1.165, 1.54) is 65.2 Å². The molecule has 0 saturated heterocycles. The van der Waals surface area contributed by atoms with Gasteiger partial charge in [-0.3, -0.25) is 0 Å². The van der Waals surface area contributed by atoms with Gasteiger partial charge in [0, 0.05) is 0 Å². The van der Waals surface area contributed by atoms with Crippen LogP contribution in [0.1, 0.15) is 74.9 Å².